The summed E-state index contributed by atoms with van der Waals surface area (Å²) >= 11 is 1.71. The summed E-state index contributed by atoms with van der Waals surface area (Å²) in [6.07, 6.45) is 0.521. The predicted octanol–water partition coefficient (Wildman–Crippen LogP) is 4.42. The molecule has 2 rings (SSSR count). The minimum absolute atomic E-state index is 0.0748. The van der Waals surface area contributed by atoms with Gasteiger partial charge in [-0.25, -0.2) is 0 Å². The van der Waals surface area contributed by atoms with E-state index >= 15 is 0 Å². The van der Waals surface area contributed by atoms with Crippen LogP contribution in [0, 0.1) is 13.8 Å². The Labute approximate surface area is 124 Å². The fourth-order valence-electron chi connectivity index (χ4n) is 1.99. The van der Waals surface area contributed by atoms with E-state index < -0.39 is 0 Å². The fourth-order valence-corrected chi connectivity index (χ4v) is 2.86. The van der Waals surface area contributed by atoms with Gasteiger partial charge in [-0.05, 0) is 37.1 Å². The van der Waals surface area contributed by atoms with Crippen LogP contribution >= 0.6 is 11.8 Å². The number of thioether (sulfide) groups is 1. The number of carbonyl (C=O) groups is 1. The highest BCUT2D eigenvalue weighted by Crippen LogP contribution is 2.21. The summed E-state index contributed by atoms with van der Waals surface area (Å²) in [5.74, 6) is 0.867. The number of hydrogen-bond acceptors (Lipinski definition) is 2. The van der Waals surface area contributed by atoms with Crippen molar-refractivity contribution in [2.75, 3.05) is 11.1 Å². The molecule has 0 heterocycles. The van der Waals surface area contributed by atoms with Crippen molar-refractivity contribution >= 4 is 23.4 Å². The summed E-state index contributed by atoms with van der Waals surface area (Å²) in [6.45, 7) is 4.03. The van der Waals surface area contributed by atoms with Gasteiger partial charge >= 0.3 is 0 Å². The van der Waals surface area contributed by atoms with Crippen LogP contribution in [0.3, 0.4) is 0 Å². The lowest BCUT2D eigenvalue weighted by Gasteiger charge is -2.11. The molecule has 0 bridgehead atoms. The monoisotopic (exact) mass is 285 g/mol. The Bertz CT molecular complexity index is 561. The first-order chi connectivity index (χ1) is 9.66. The average Bonchev–Trinajstić information content (AvgIpc) is 2.44. The molecule has 0 saturated heterocycles. The molecule has 0 aliphatic carbocycles. The van der Waals surface area contributed by atoms with Crippen LogP contribution in [0.15, 0.2) is 53.4 Å². The van der Waals surface area contributed by atoms with E-state index in [2.05, 4.69) is 17.4 Å². The standard InChI is InChI=1S/C17H19NOS/c1-13-7-6-8-14(2)17(13)18-16(19)11-12-20-15-9-4-3-5-10-15/h3-10H,11-12H2,1-2H3,(H,18,19). The predicted molar refractivity (Wildman–Crippen MR) is 86.3 cm³/mol. The molecule has 2 nitrogen and oxygen atoms in total. The molecule has 0 spiro atoms. The Hall–Kier alpha value is -1.74. The molecule has 2 aromatic carbocycles. The summed E-state index contributed by atoms with van der Waals surface area (Å²) in [5.41, 5.74) is 3.16. The van der Waals surface area contributed by atoms with Crippen LogP contribution in [-0.2, 0) is 4.79 Å². The van der Waals surface area contributed by atoms with E-state index in [1.165, 1.54) is 4.90 Å². The first-order valence-corrected chi connectivity index (χ1v) is 7.69. The third-order valence-corrected chi connectivity index (χ3v) is 4.10. The van der Waals surface area contributed by atoms with Crippen molar-refractivity contribution in [3.8, 4) is 0 Å². The van der Waals surface area contributed by atoms with Gasteiger partial charge in [0.25, 0.3) is 0 Å². The van der Waals surface area contributed by atoms with Gasteiger partial charge < -0.3 is 5.32 Å². The molecule has 20 heavy (non-hydrogen) atoms. The fraction of sp³-hybridized carbons (Fsp3) is 0.235. The van der Waals surface area contributed by atoms with Gasteiger partial charge in [-0.1, -0.05) is 36.4 Å². The maximum atomic E-state index is 12.0. The van der Waals surface area contributed by atoms with Gasteiger partial charge in [0.2, 0.25) is 5.91 Å². The highest BCUT2D eigenvalue weighted by molar-refractivity contribution is 7.99. The van der Waals surface area contributed by atoms with Crippen LogP contribution in [0.2, 0.25) is 0 Å². The summed E-state index contributed by atoms with van der Waals surface area (Å²) in [7, 11) is 0. The summed E-state index contributed by atoms with van der Waals surface area (Å²) in [4.78, 5) is 13.2. The molecular formula is C17H19NOS. The quantitative estimate of drug-likeness (QED) is 0.824. The number of carbonyl (C=O) groups excluding carboxylic acids is 1. The largest absolute Gasteiger partial charge is 0.326 e. The minimum Gasteiger partial charge on any atom is -0.326 e. The summed E-state index contributed by atoms with van der Waals surface area (Å²) in [6, 6.07) is 16.2. The maximum Gasteiger partial charge on any atom is 0.225 e. The van der Waals surface area contributed by atoms with Crippen molar-refractivity contribution in [2.45, 2.75) is 25.2 Å². The molecule has 0 fully saturated rings. The Morgan fingerprint density at radius 3 is 2.30 bits per heavy atom. The topological polar surface area (TPSA) is 29.1 Å². The van der Waals surface area contributed by atoms with Crippen LogP contribution in [0.1, 0.15) is 17.5 Å². The summed E-state index contributed by atoms with van der Waals surface area (Å²) in [5, 5.41) is 3.01. The second-order valence-corrected chi connectivity index (χ2v) is 5.89. The van der Waals surface area contributed by atoms with Gasteiger partial charge in [0.15, 0.2) is 0 Å². The molecule has 0 unspecified atom stereocenters. The molecule has 1 amide bonds. The van der Waals surface area contributed by atoms with E-state index in [1.54, 1.807) is 11.8 Å². The van der Waals surface area contributed by atoms with E-state index in [0.717, 1.165) is 22.6 Å². The molecule has 0 aromatic heterocycles. The van der Waals surface area contributed by atoms with Crippen LogP contribution in [0.25, 0.3) is 0 Å². The highest BCUT2D eigenvalue weighted by atomic mass is 32.2. The van der Waals surface area contributed by atoms with Crippen molar-refractivity contribution in [1.29, 1.82) is 0 Å². The van der Waals surface area contributed by atoms with E-state index in [-0.39, 0.29) is 5.91 Å². The maximum absolute atomic E-state index is 12.0. The second-order valence-electron chi connectivity index (χ2n) is 4.73. The first kappa shape index (κ1) is 14.7. The van der Waals surface area contributed by atoms with E-state index in [1.807, 2.05) is 50.2 Å². The normalized spacial score (nSPS) is 10.3. The number of hydrogen-bond donors (Lipinski definition) is 1. The van der Waals surface area contributed by atoms with Crippen LogP contribution < -0.4 is 5.32 Å². The highest BCUT2D eigenvalue weighted by Gasteiger charge is 2.07. The molecule has 2 aromatic rings. The molecule has 0 radical (unpaired) electrons. The van der Waals surface area contributed by atoms with Crippen LogP contribution in [-0.4, -0.2) is 11.7 Å². The van der Waals surface area contributed by atoms with Crippen molar-refractivity contribution in [2.24, 2.45) is 0 Å². The number of para-hydroxylation sites is 1. The Morgan fingerprint density at radius 1 is 1.00 bits per heavy atom. The Kier molecular flexibility index (Phi) is 5.24. The molecule has 0 aliphatic rings. The average molecular weight is 285 g/mol. The lowest BCUT2D eigenvalue weighted by Crippen LogP contribution is -2.14. The van der Waals surface area contributed by atoms with Crippen molar-refractivity contribution < 1.29 is 4.79 Å². The second kappa shape index (κ2) is 7.15. The molecule has 3 heteroatoms. The van der Waals surface area contributed by atoms with E-state index in [9.17, 15) is 4.79 Å². The van der Waals surface area contributed by atoms with Crippen LogP contribution in [0.4, 0.5) is 5.69 Å². The molecule has 0 saturated carbocycles. The molecule has 1 N–H and O–H groups in total. The van der Waals surface area contributed by atoms with Crippen molar-refractivity contribution in [3.63, 3.8) is 0 Å². The smallest absolute Gasteiger partial charge is 0.225 e. The number of rotatable bonds is 5. The van der Waals surface area contributed by atoms with Gasteiger partial charge in [-0.3, -0.25) is 4.79 Å². The number of nitrogens with one attached hydrogen (secondary N) is 1. The van der Waals surface area contributed by atoms with Crippen LogP contribution in [0.5, 0.6) is 0 Å². The number of anilines is 1. The zero-order valence-corrected chi connectivity index (χ0v) is 12.7. The minimum atomic E-state index is 0.0748. The van der Waals surface area contributed by atoms with E-state index in [0.29, 0.717) is 6.42 Å². The molecular weight excluding hydrogens is 266 g/mol. The first-order valence-electron chi connectivity index (χ1n) is 6.71. The summed E-state index contributed by atoms with van der Waals surface area (Å²) < 4.78 is 0. The zero-order chi connectivity index (χ0) is 14.4. The molecule has 0 aliphatic heterocycles. The van der Waals surface area contributed by atoms with Gasteiger partial charge in [0.05, 0.1) is 0 Å². The zero-order valence-electron chi connectivity index (χ0n) is 11.8. The third-order valence-electron chi connectivity index (χ3n) is 3.09. The Balaban J connectivity index is 1.84. The number of benzene rings is 2. The number of aryl methyl sites for hydroxylation is 2. The van der Waals surface area contributed by atoms with Gasteiger partial charge in [-0.15, -0.1) is 11.8 Å². The van der Waals surface area contributed by atoms with Crippen molar-refractivity contribution in [3.05, 3.63) is 59.7 Å². The lowest BCUT2D eigenvalue weighted by molar-refractivity contribution is -0.115. The van der Waals surface area contributed by atoms with Gasteiger partial charge in [0.1, 0.15) is 0 Å². The van der Waals surface area contributed by atoms with Gasteiger partial charge in [0, 0.05) is 22.8 Å². The number of amides is 1. The van der Waals surface area contributed by atoms with Gasteiger partial charge in [-0.2, -0.15) is 0 Å². The molecule has 104 valence electrons. The molecule has 0 atom stereocenters. The van der Waals surface area contributed by atoms with Crippen molar-refractivity contribution in [1.82, 2.24) is 0 Å². The van der Waals surface area contributed by atoms with E-state index in [4.69, 9.17) is 0 Å². The lowest BCUT2D eigenvalue weighted by atomic mass is 10.1. The SMILES string of the molecule is Cc1cccc(C)c1NC(=O)CCSc1ccccc1. The third kappa shape index (κ3) is 4.14. The Morgan fingerprint density at radius 2 is 1.65 bits per heavy atom.